The molecular formula is C30H51N3O5S3. The first kappa shape index (κ1) is 35.8. The normalized spacial score (nSPS) is 17.8. The molecule has 0 fully saturated rings. The summed E-state index contributed by atoms with van der Waals surface area (Å²) in [6, 6.07) is 1.22. The highest BCUT2D eigenvalue weighted by Crippen LogP contribution is 2.40. The molecule has 0 aliphatic carbocycles. The van der Waals surface area contributed by atoms with Crippen LogP contribution in [-0.4, -0.2) is 60.7 Å². The molecule has 0 radical (unpaired) electrons. The number of nitrogens with one attached hydrogen (secondary N) is 1. The second-order valence-electron chi connectivity index (χ2n) is 10.4. The fourth-order valence-corrected chi connectivity index (χ4v) is 9.50. The van der Waals surface area contributed by atoms with Crippen LogP contribution in [0.2, 0.25) is 0 Å². The SMILES string of the molecule is CCCCC/C=C\C/C=C/CCCCCCC/C=N\S(=O)(=O)c1cc2c(s1)S(=O)(=O)N(CCCOC)C[C@@H]2NCC. The van der Waals surface area contributed by atoms with Crippen molar-refractivity contribution in [3.63, 3.8) is 0 Å². The summed E-state index contributed by atoms with van der Waals surface area (Å²) in [4.78, 5) is 0. The number of ether oxygens (including phenoxy) is 1. The van der Waals surface area contributed by atoms with Gasteiger partial charge in [-0.1, -0.05) is 70.3 Å². The van der Waals surface area contributed by atoms with Crippen LogP contribution in [0.25, 0.3) is 0 Å². The molecule has 0 spiro atoms. The zero-order valence-electron chi connectivity index (χ0n) is 25.2. The number of likely N-dealkylation sites (N-methyl/N-ethyl adjacent to an activating group) is 1. The lowest BCUT2D eigenvalue weighted by molar-refractivity contribution is 0.185. The van der Waals surface area contributed by atoms with Crippen molar-refractivity contribution in [3.8, 4) is 0 Å². The Bertz CT molecular complexity index is 1170. The highest BCUT2D eigenvalue weighted by Gasteiger charge is 2.39. The largest absolute Gasteiger partial charge is 0.385 e. The van der Waals surface area contributed by atoms with E-state index in [4.69, 9.17) is 4.74 Å². The number of thiophene rings is 1. The van der Waals surface area contributed by atoms with Crippen molar-refractivity contribution in [3.05, 3.63) is 35.9 Å². The predicted molar refractivity (Wildman–Crippen MR) is 171 cm³/mol. The minimum absolute atomic E-state index is 0.0241. The number of nitrogens with zero attached hydrogens (tertiary/aromatic N) is 2. The van der Waals surface area contributed by atoms with E-state index in [0.29, 0.717) is 38.1 Å². The molecule has 1 aliphatic heterocycles. The number of rotatable bonds is 22. The van der Waals surface area contributed by atoms with Crippen LogP contribution in [0.4, 0.5) is 0 Å². The second-order valence-corrected chi connectivity index (χ2v) is 15.5. The molecule has 8 nitrogen and oxygen atoms in total. The standard InChI is InChI=1S/C30H51N3O5S3/c1-4-6-7-8-9-10-11-12-13-14-15-16-17-18-19-20-22-32-40(34,35)29-25-27-28(31-5-2)26-33(23-21-24-38-3)41(36,37)30(27)39-29/h9-10,12-13,22,25,28,31H,4-8,11,14-21,23-24,26H2,1-3H3/b10-9-,13-12+,32-22-/t28-/m0/s1. The summed E-state index contributed by atoms with van der Waals surface area (Å²) in [5.74, 6) is 0. The Morgan fingerprint density at radius 1 is 1.00 bits per heavy atom. The number of methoxy groups -OCH3 is 1. The van der Waals surface area contributed by atoms with Gasteiger partial charge in [-0.05, 0) is 64.0 Å². The van der Waals surface area contributed by atoms with Gasteiger partial charge in [0.2, 0.25) is 0 Å². The molecule has 0 bridgehead atoms. The summed E-state index contributed by atoms with van der Waals surface area (Å²) >= 11 is 0.799. The Hall–Kier alpha value is -1.37. The maximum Gasteiger partial charge on any atom is 0.291 e. The average molecular weight is 630 g/mol. The van der Waals surface area contributed by atoms with E-state index in [9.17, 15) is 16.8 Å². The lowest BCUT2D eigenvalue weighted by atomic mass is 10.1. The Morgan fingerprint density at radius 3 is 2.32 bits per heavy atom. The fourth-order valence-electron chi connectivity index (χ4n) is 4.72. The Labute approximate surface area is 253 Å². The van der Waals surface area contributed by atoms with Gasteiger partial charge in [0.15, 0.2) is 0 Å². The van der Waals surface area contributed by atoms with Crippen molar-refractivity contribution in [2.24, 2.45) is 4.40 Å². The molecule has 41 heavy (non-hydrogen) atoms. The third kappa shape index (κ3) is 12.4. The molecule has 2 heterocycles. The van der Waals surface area contributed by atoms with Crippen molar-refractivity contribution in [1.29, 1.82) is 0 Å². The minimum Gasteiger partial charge on any atom is -0.385 e. The molecule has 1 N–H and O–H groups in total. The van der Waals surface area contributed by atoms with E-state index in [1.54, 1.807) is 7.11 Å². The first-order valence-corrected chi connectivity index (χ1v) is 18.9. The molecule has 2 rings (SSSR count). The molecule has 234 valence electrons. The van der Waals surface area contributed by atoms with Gasteiger partial charge < -0.3 is 10.1 Å². The molecule has 1 atom stereocenters. The zero-order chi connectivity index (χ0) is 30.0. The lowest BCUT2D eigenvalue weighted by Crippen LogP contribution is -2.43. The molecule has 11 heteroatoms. The molecule has 0 aromatic carbocycles. The number of unbranched alkanes of at least 4 members (excludes halogenated alkanes) is 9. The van der Waals surface area contributed by atoms with Crippen molar-refractivity contribution in [1.82, 2.24) is 9.62 Å². The van der Waals surface area contributed by atoms with Crippen LogP contribution in [0, 0.1) is 0 Å². The van der Waals surface area contributed by atoms with Crippen molar-refractivity contribution in [2.45, 2.75) is 112 Å². The summed E-state index contributed by atoms with van der Waals surface area (Å²) in [6.07, 6.45) is 24.2. The lowest BCUT2D eigenvalue weighted by Gasteiger charge is -2.32. The highest BCUT2D eigenvalue weighted by atomic mass is 32.3. The summed E-state index contributed by atoms with van der Waals surface area (Å²) in [6.45, 7) is 5.85. The van der Waals surface area contributed by atoms with Crippen LogP contribution in [0.5, 0.6) is 0 Å². The van der Waals surface area contributed by atoms with E-state index in [1.165, 1.54) is 48.7 Å². The van der Waals surface area contributed by atoms with E-state index in [0.717, 1.165) is 49.9 Å². The first-order chi connectivity index (χ1) is 19.8. The van der Waals surface area contributed by atoms with Crippen LogP contribution in [-0.2, 0) is 24.8 Å². The van der Waals surface area contributed by atoms with E-state index in [1.807, 2.05) is 6.92 Å². The van der Waals surface area contributed by atoms with E-state index < -0.39 is 20.0 Å². The maximum atomic E-state index is 13.2. The van der Waals surface area contributed by atoms with Gasteiger partial charge in [-0.3, -0.25) is 0 Å². The molecular weight excluding hydrogens is 579 g/mol. The summed E-state index contributed by atoms with van der Waals surface area (Å²) in [7, 11) is -6.15. The van der Waals surface area contributed by atoms with Crippen LogP contribution < -0.4 is 5.32 Å². The summed E-state index contributed by atoms with van der Waals surface area (Å²) in [5.41, 5.74) is 0.516. The van der Waals surface area contributed by atoms with Gasteiger partial charge in [-0.15, -0.1) is 11.3 Å². The van der Waals surface area contributed by atoms with Gasteiger partial charge in [0, 0.05) is 44.6 Å². The molecule has 0 saturated heterocycles. The van der Waals surface area contributed by atoms with Gasteiger partial charge in [-0.2, -0.15) is 17.1 Å². The first-order valence-electron chi connectivity index (χ1n) is 15.2. The van der Waals surface area contributed by atoms with Gasteiger partial charge >= 0.3 is 0 Å². The van der Waals surface area contributed by atoms with Crippen LogP contribution in [0.15, 0.2) is 43.2 Å². The molecule has 1 aliphatic rings. The van der Waals surface area contributed by atoms with Gasteiger partial charge in [0.1, 0.15) is 8.42 Å². The molecule has 0 saturated carbocycles. The monoisotopic (exact) mass is 629 g/mol. The van der Waals surface area contributed by atoms with Crippen molar-refractivity contribution in [2.75, 3.05) is 33.4 Å². The van der Waals surface area contributed by atoms with Crippen LogP contribution >= 0.6 is 11.3 Å². The third-order valence-corrected chi connectivity index (χ3v) is 12.3. The Kier molecular flexibility index (Phi) is 17.3. The van der Waals surface area contributed by atoms with Gasteiger partial charge in [0.05, 0.1) is 0 Å². The molecule has 1 aromatic heterocycles. The van der Waals surface area contributed by atoms with Gasteiger partial charge in [0.25, 0.3) is 20.0 Å². The fraction of sp³-hybridized carbons (Fsp3) is 0.700. The Morgan fingerprint density at radius 2 is 1.66 bits per heavy atom. The predicted octanol–water partition coefficient (Wildman–Crippen LogP) is 7.01. The van der Waals surface area contributed by atoms with Gasteiger partial charge in [-0.25, -0.2) is 8.42 Å². The van der Waals surface area contributed by atoms with E-state index >= 15 is 0 Å². The van der Waals surface area contributed by atoms with E-state index in [-0.39, 0.29) is 21.0 Å². The molecule has 0 unspecified atom stereocenters. The summed E-state index contributed by atoms with van der Waals surface area (Å²) in [5, 5.41) is 3.30. The van der Waals surface area contributed by atoms with E-state index in [2.05, 4.69) is 40.9 Å². The quantitative estimate of drug-likeness (QED) is 0.0840. The number of allylic oxidation sites excluding steroid dienone is 4. The van der Waals surface area contributed by atoms with Crippen LogP contribution in [0.1, 0.15) is 109 Å². The number of sulfonamides is 2. The highest BCUT2D eigenvalue weighted by molar-refractivity contribution is 7.94. The third-order valence-electron chi connectivity index (χ3n) is 7.00. The van der Waals surface area contributed by atoms with Crippen molar-refractivity contribution >= 4 is 37.6 Å². The Balaban J connectivity index is 1.77. The number of hydrogen-bond acceptors (Lipinski definition) is 7. The molecule has 1 aromatic rings. The van der Waals surface area contributed by atoms with Crippen molar-refractivity contribution < 1.29 is 21.6 Å². The minimum atomic E-state index is -3.96. The molecule has 0 amide bonds. The topological polar surface area (TPSA) is 105 Å². The number of fused-ring (bicyclic) bond motifs is 1. The second kappa shape index (κ2) is 19.7. The van der Waals surface area contributed by atoms with Crippen LogP contribution in [0.3, 0.4) is 0 Å². The average Bonchev–Trinajstić information content (AvgIpc) is 3.41. The number of hydrogen-bond donors (Lipinski definition) is 1. The summed E-state index contributed by atoms with van der Waals surface area (Å²) < 4.78 is 62.8. The zero-order valence-corrected chi connectivity index (χ0v) is 27.7. The smallest absolute Gasteiger partial charge is 0.291 e. The maximum absolute atomic E-state index is 13.2.